The fraction of sp³-hybridized carbons (Fsp3) is 0.130. The lowest BCUT2D eigenvalue weighted by atomic mass is 10.2. The van der Waals surface area contributed by atoms with Crippen LogP contribution in [-0.4, -0.2) is 25.0 Å². The average Bonchev–Trinajstić information content (AvgIpc) is 2.75. The molecule has 3 rings (SSSR count). The van der Waals surface area contributed by atoms with E-state index < -0.39 is 29.5 Å². The van der Waals surface area contributed by atoms with E-state index in [-0.39, 0.29) is 16.3 Å². The summed E-state index contributed by atoms with van der Waals surface area (Å²) in [5.41, 5.74) is 1.29. The van der Waals surface area contributed by atoms with Crippen molar-refractivity contribution in [2.24, 2.45) is 0 Å². The third kappa shape index (κ3) is 5.73. The number of anilines is 3. The van der Waals surface area contributed by atoms with Crippen LogP contribution < -0.4 is 20.7 Å². The van der Waals surface area contributed by atoms with Gasteiger partial charge in [-0.2, -0.15) is 0 Å². The lowest BCUT2D eigenvalue weighted by molar-refractivity contribution is -0.116. The SMILES string of the molecule is COc1ccc(NC(C)C(=O)Nc2ccc(F)cc2Cl)cc1NC(=O)c1cccc(F)c1. The maximum atomic E-state index is 13.4. The second-order valence-electron chi connectivity index (χ2n) is 6.86. The van der Waals surface area contributed by atoms with Crippen LogP contribution in [0.25, 0.3) is 0 Å². The molecule has 0 saturated carbocycles. The van der Waals surface area contributed by atoms with Crippen LogP contribution in [-0.2, 0) is 4.79 Å². The molecular weight excluding hydrogens is 440 g/mol. The predicted molar refractivity (Wildman–Crippen MR) is 120 cm³/mol. The van der Waals surface area contributed by atoms with Gasteiger partial charge in [0.25, 0.3) is 5.91 Å². The molecule has 3 aromatic rings. The lowest BCUT2D eigenvalue weighted by Gasteiger charge is -2.18. The van der Waals surface area contributed by atoms with Crippen molar-refractivity contribution in [3.8, 4) is 5.75 Å². The highest BCUT2D eigenvalue weighted by atomic mass is 35.5. The highest BCUT2D eigenvalue weighted by Crippen LogP contribution is 2.29. The van der Waals surface area contributed by atoms with E-state index in [2.05, 4.69) is 16.0 Å². The summed E-state index contributed by atoms with van der Waals surface area (Å²) in [5.74, 6) is -1.57. The molecule has 6 nitrogen and oxygen atoms in total. The maximum absolute atomic E-state index is 13.4. The van der Waals surface area contributed by atoms with E-state index in [4.69, 9.17) is 16.3 Å². The highest BCUT2D eigenvalue weighted by molar-refractivity contribution is 6.33. The van der Waals surface area contributed by atoms with Gasteiger partial charge in [0.2, 0.25) is 5.91 Å². The second kappa shape index (κ2) is 10.1. The minimum Gasteiger partial charge on any atom is -0.495 e. The summed E-state index contributed by atoms with van der Waals surface area (Å²) in [6, 6.07) is 13.1. The van der Waals surface area contributed by atoms with E-state index in [1.165, 1.54) is 37.4 Å². The van der Waals surface area contributed by atoms with E-state index in [1.807, 2.05) is 0 Å². The number of hydrogen-bond acceptors (Lipinski definition) is 4. The van der Waals surface area contributed by atoms with Crippen LogP contribution in [0.3, 0.4) is 0 Å². The molecule has 0 bridgehead atoms. The van der Waals surface area contributed by atoms with Crippen LogP contribution in [0.5, 0.6) is 5.75 Å². The van der Waals surface area contributed by atoms with E-state index in [1.54, 1.807) is 25.1 Å². The van der Waals surface area contributed by atoms with Crippen LogP contribution in [0.2, 0.25) is 5.02 Å². The predicted octanol–water partition coefficient (Wildman–Crippen LogP) is 5.32. The monoisotopic (exact) mass is 459 g/mol. The third-order valence-corrected chi connectivity index (χ3v) is 4.81. The Balaban J connectivity index is 1.72. The minimum atomic E-state index is -0.698. The normalized spacial score (nSPS) is 11.4. The van der Waals surface area contributed by atoms with Crippen molar-refractivity contribution in [1.82, 2.24) is 0 Å². The van der Waals surface area contributed by atoms with Gasteiger partial charge in [-0.25, -0.2) is 8.78 Å². The summed E-state index contributed by atoms with van der Waals surface area (Å²) in [6.45, 7) is 1.63. The molecule has 0 aromatic heterocycles. The first kappa shape index (κ1) is 23.0. The third-order valence-electron chi connectivity index (χ3n) is 4.50. The van der Waals surface area contributed by atoms with Crippen molar-refractivity contribution in [3.63, 3.8) is 0 Å². The summed E-state index contributed by atoms with van der Waals surface area (Å²) >= 11 is 5.95. The maximum Gasteiger partial charge on any atom is 0.255 e. The molecule has 166 valence electrons. The lowest BCUT2D eigenvalue weighted by Crippen LogP contribution is -2.32. The van der Waals surface area contributed by atoms with Crippen LogP contribution in [0.1, 0.15) is 17.3 Å². The number of ether oxygens (including phenoxy) is 1. The number of methoxy groups -OCH3 is 1. The van der Waals surface area contributed by atoms with Gasteiger partial charge in [0.15, 0.2) is 0 Å². The van der Waals surface area contributed by atoms with Gasteiger partial charge in [0, 0.05) is 11.3 Å². The van der Waals surface area contributed by atoms with Crippen LogP contribution in [0.15, 0.2) is 60.7 Å². The van der Waals surface area contributed by atoms with Crippen LogP contribution in [0.4, 0.5) is 25.8 Å². The van der Waals surface area contributed by atoms with Crippen molar-refractivity contribution in [2.45, 2.75) is 13.0 Å². The molecule has 9 heteroatoms. The second-order valence-corrected chi connectivity index (χ2v) is 7.27. The average molecular weight is 460 g/mol. The summed E-state index contributed by atoms with van der Waals surface area (Å²) in [7, 11) is 1.45. The van der Waals surface area contributed by atoms with Crippen molar-refractivity contribution in [2.75, 3.05) is 23.1 Å². The van der Waals surface area contributed by atoms with Gasteiger partial charge in [0.1, 0.15) is 23.4 Å². The summed E-state index contributed by atoms with van der Waals surface area (Å²) < 4.78 is 31.9. The Morgan fingerprint density at radius 3 is 2.38 bits per heavy atom. The number of amides is 2. The van der Waals surface area contributed by atoms with Gasteiger partial charge in [-0.1, -0.05) is 17.7 Å². The van der Waals surface area contributed by atoms with Gasteiger partial charge in [-0.05, 0) is 61.5 Å². The van der Waals surface area contributed by atoms with E-state index in [9.17, 15) is 18.4 Å². The summed E-state index contributed by atoms with van der Waals surface area (Å²) in [6.07, 6.45) is 0. The van der Waals surface area contributed by atoms with Crippen molar-refractivity contribution >= 4 is 40.5 Å². The molecule has 0 spiro atoms. The fourth-order valence-corrected chi connectivity index (χ4v) is 3.08. The number of benzene rings is 3. The molecule has 0 aliphatic carbocycles. The summed E-state index contributed by atoms with van der Waals surface area (Å²) in [4.78, 5) is 25.0. The molecule has 32 heavy (non-hydrogen) atoms. The van der Waals surface area contributed by atoms with E-state index in [0.29, 0.717) is 17.1 Å². The molecule has 0 aliphatic rings. The Morgan fingerprint density at radius 1 is 0.938 bits per heavy atom. The van der Waals surface area contributed by atoms with E-state index >= 15 is 0 Å². The largest absolute Gasteiger partial charge is 0.495 e. The Labute approximate surface area is 188 Å². The zero-order valence-corrected chi connectivity index (χ0v) is 18.0. The molecule has 0 aliphatic heterocycles. The van der Waals surface area contributed by atoms with E-state index in [0.717, 1.165) is 12.1 Å². The quantitative estimate of drug-likeness (QED) is 0.447. The Kier molecular flexibility index (Phi) is 7.27. The van der Waals surface area contributed by atoms with Crippen molar-refractivity contribution in [1.29, 1.82) is 0 Å². The Bertz CT molecular complexity index is 1160. The molecule has 3 N–H and O–H groups in total. The first-order valence-electron chi connectivity index (χ1n) is 9.54. The number of halogens is 3. The van der Waals surface area contributed by atoms with Crippen molar-refractivity contribution in [3.05, 3.63) is 82.9 Å². The number of hydrogen-bond donors (Lipinski definition) is 3. The first-order chi connectivity index (χ1) is 15.3. The smallest absolute Gasteiger partial charge is 0.255 e. The van der Waals surface area contributed by atoms with Gasteiger partial charge in [-0.15, -0.1) is 0 Å². The Hall–Kier alpha value is -3.65. The molecule has 0 saturated heterocycles. The number of rotatable bonds is 7. The molecule has 0 heterocycles. The first-order valence-corrected chi connectivity index (χ1v) is 9.92. The van der Waals surface area contributed by atoms with Gasteiger partial charge >= 0.3 is 0 Å². The van der Waals surface area contributed by atoms with Crippen LogP contribution in [0, 0.1) is 11.6 Å². The Morgan fingerprint density at radius 2 is 1.69 bits per heavy atom. The number of carbonyl (C=O) groups is 2. The van der Waals surface area contributed by atoms with Gasteiger partial charge in [0.05, 0.1) is 23.5 Å². The molecular formula is C23H20ClF2N3O3. The number of nitrogens with one attached hydrogen (secondary N) is 3. The molecule has 3 aromatic carbocycles. The molecule has 1 atom stereocenters. The zero-order chi connectivity index (χ0) is 23.3. The van der Waals surface area contributed by atoms with Gasteiger partial charge < -0.3 is 20.7 Å². The molecule has 1 unspecified atom stereocenters. The standard InChI is InChI=1S/C23H20ClF2N3O3/c1-13(22(30)28-19-8-6-16(26)11-18(19)24)27-17-7-9-21(32-2)20(12-17)29-23(31)14-4-3-5-15(25)10-14/h3-13,27H,1-2H3,(H,28,30)(H,29,31). The fourth-order valence-electron chi connectivity index (χ4n) is 2.87. The zero-order valence-electron chi connectivity index (χ0n) is 17.2. The van der Waals surface area contributed by atoms with Crippen LogP contribution >= 0.6 is 11.6 Å². The molecule has 0 radical (unpaired) electrons. The van der Waals surface area contributed by atoms with Gasteiger partial charge in [-0.3, -0.25) is 9.59 Å². The van der Waals surface area contributed by atoms with Crippen molar-refractivity contribution < 1.29 is 23.1 Å². The number of carbonyl (C=O) groups excluding carboxylic acids is 2. The highest BCUT2D eigenvalue weighted by Gasteiger charge is 2.16. The molecule has 0 fully saturated rings. The topological polar surface area (TPSA) is 79.5 Å². The summed E-state index contributed by atoms with van der Waals surface area (Å²) in [5, 5.41) is 8.39. The molecule has 2 amide bonds. The minimum absolute atomic E-state index is 0.0809.